The molecule has 0 saturated carbocycles. The molecule has 1 unspecified atom stereocenters. The zero-order valence-corrected chi connectivity index (χ0v) is 11.3. The van der Waals surface area contributed by atoms with Crippen LogP contribution in [0.25, 0.3) is 0 Å². The number of halogens is 1. The molecule has 1 aliphatic heterocycles. The van der Waals surface area contributed by atoms with Gasteiger partial charge in [0, 0.05) is 29.3 Å². The van der Waals surface area contributed by atoms with Crippen LogP contribution in [-0.4, -0.2) is 13.1 Å². The molecule has 3 heteroatoms. The van der Waals surface area contributed by atoms with Crippen LogP contribution < -0.4 is 10.6 Å². The Morgan fingerprint density at radius 3 is 2.50 bits per heavy atom. The van der Waals surface area contributed by atoms with Crippen molar-refractivity contribution in [1.29, 1.82) is 0 Å². The normalized spacial score (nSPS) is 18.6. The molecule has 1 aliphatic rings. The summed E-state index contributed by atoms with van der Waals surface area (Å²) < 4.78 is 1.13. The lowest BCUT2D eigenvalue weighted by atomic mass is 10.1. The van der Waals surface area contributed by atoms with Crippen molar-refractivity contribution < 1.29 is 0 Å². The average Bonchev–Trinajstić information content (AvgIpc) is 2.29. The minimum Gasteiger partial charge on any atom is -0.372 e. The molecule has 88 valence electrons. The second kappa shape index (κ2) is 5.19. The molecule has 0 aliphatic carbocycles. The fourth-order valence-corrected chi connectivity index (χ4v) is 2.96. The van der Waals surface area contributed by atoms with Gasteiger partial charge >= 0.3 is 0 Å². The van der Waals surface area contributed by atoms with E-state index < -0.39 is 0 Å². The third-order valence-electron chi connectivity index (χ3n) is 3.20. The van der Waals surface area contributed by atoms with Crippen molar-refractivity contribution >= 4 is 21.6 Å². The predicted molar refractivity (Wildman–Crippen MR) is 72.8 cm³/mol. The summed E-state index contributed by atoms with van der Waals surface area (Å²) in [5, 5.41) is 0. The summed E-state index contributed by atoms with van der Waals surface area (Å²) in [5.41, 5.74) is 8.40. The van der Waals surface area contributed by atoms with Crippen molar-refractivity contribution in [3.05, 3.63) is 28.2 Å². The molecule has 0 spiro atoms. The quantitative estimate of drug-likeness (QED) is 0.900. The Morgan fingerprint density at radius 2 is 1.94 bits per heavy atom. The van der Waals surface area contributed by atoms with E-state index in [9.17, 15) is 0 Å². The third-order valence-corrected chi connectivity index (χ3v) is 3.88. The zero-order chi connectivity index (χ0) is 11.5. The van der Waals surface area contributed by atoms with Crippen LogP contribution in [0.3, 0.4) is 0 Å². The van der Waals surface area contributed by atoms with Crippen LogP contribution in [0.1, 0.15) is 37.8 Å². The highest BCUT2D eigenvalue weighted by Gasteiger charge is 2.12. The first-order valence-electron chi connectivity index (χ1n) is 5.98. The van der Waals surface area contributed by atoms with Crippen LogP contribution in [0, 0.1) is 0 Å². The van der Waals surface area contributed by atoms with Gasteiger partial charge in [-0.3, -0.25) is 0 Å². The van der Waals surface area contributed by atoms with Gasteiger partial charge in [-0.1, -0.05) is 22.0 Å². The summed E-state index contributed by atoms with van der Waals surface area (Å²) in [5.74, 6) is 0. The first-order valence-corrected chi connectivity index (χ1v) is 6.78. The maximum absolute atomic E-state index is 5.90. The highest BCUT2D eigenvalue weighted by molar-refractivity contribution is 9.10. The lowest BCUT2D eigenvalue weighted by Gasteiger charge is -2.29. The van der Waals surface area contributed by atoms with Gasteiger partial charge in [0.05, 0.1) is 0 Å². The second-order valence-corrected chi connectivity index (χ2v) is 5.40. The van der Waals surface area contributed by atoms with E-state index in [1.807, 2.05) is 6.92 Å². The highest BCUT2D eigenvalue weighted by atomic mass is 79.9. The van der Waals surface area contributed by atoms with Crippen molar-refractivity contribution in [2.45, 2.75) is 32.2 Å². The van der Waals surface area contributed by atoms with E-state index in [-0.39, 0.29) is 6.04 Å². The Labute approximate surface area is 106 Å². The number of hydrogen-bond donors (Lipinski definition) is 1. The molecular formula is C13H19BrN2. The van der Waals surface area contributed by atoms with Gasteiger partial charge in [-0.15, -0.1) is 0 Å². The third kappa shape index (κ3) is 2.58. The van der Waals surface area contributed by atoms with Crippen LogP contribution in [0.2, 0.25) is 0 Å². The molecule has 0 amide bonds. The van der Waals surface area contributed by atoms with Crippen LogP contribution in [-0.2, 0) is 0 Å². The number of anilines is 1. The fraction of sp³-hybridized carbons (Fsp3) is 0.538. The van der Waals surface area contributed by atoms with E-state index in [2.05, 4.69) is 39.0 Å². The summed E-state index contributed by atoms with van der Waals surface area (Å²) in [6.07, 6.45) is 3.99. The van der Waals surface area contributed by atoms with Crippen molar-refractivity contribution in [1.82, 2.24) is 0 Å². The van der Waals surface area contributed by atoms with Crippen LogP contribution in [0.5, 0.6) is 0 Å². The largest absolute Gasteiger partial charge is 0.372 e. The molecule has 1 saturated heterocycles. The number of rotatable bonds is 2. The Balaban J connectivity index is 2.19. The van der Waals surface area contributed by atoms with Crippen LogP contribution in [0.15, 0.2) is 22.7 Å². The molecule has 1 aromatic carbocycles. The number of nitrogens with zero attached hydrogens (tertiary/aromatic N) is 1. The monoisotopic (exact) mass is 282 g/mol. The minimum atomic E-state index is 0.0878. The van der Waals surface area contributed by atoms with Gasteiger partial charge < -0.3 is 10.6 Å². The van der Waals surface area contributed by atoms with E-state index >= 15 is 0 Å². The molecular weight excluding hydrogens is 264 g/mol. The van der Waals surface area contributed by atoms with E-state index in [1.165, 1.54) is 43.6 Å². The van der Waals surface area contributed by atoms with Crippen molar-refractivity contribution in [2.75, 3.05) is 18.0 Å². The molecule has 1 fully saturated rings. The van der Waals surface area contributed by atoms with Gasteiger partial charge in [-0.2, -0.15) is 0 Å². The lowest BCUT2D eigenvalue weighted by Crippen LogP contribution is -2.29. The van der Waals surface area contributed by atoms with Gasteiger partial charge in [0.25, 0.3) is 0 Å². The molecule has 2 rings (SSSR count). The molecule has 0 aromatic heterocycles. The number of piperidine rings is 1. The van der Waals surface area contributed by atoms with Crippen molar-refractivity contribution in [2.24, 2.45) is 5.73 Å². The van der Waals surface area contributed by atoms with E-state index in [1.54, 1.807) is 0 Å². The summed E-state index contributed by atoms with van der Waals surface area (Å²) in [4.78, 5) is 2.46. The second-order valence-electron chi connectivity index (χ2n) is 4.54. The van der Waals surface area contributed by atoms with E-state index in [4.69, 9.17) is 5.73 Å². The maximum Gasteiger partial charge on any atom is 0.0377 e. The molecule has 0 radical (unpaired) electrons. The Kier molecular flexibility index (Phi) is 3.87. The van der Waals surface area contributed by atoms with E-state index in [0.29, 0.717) is 0 Å². The van der Waals surface area contributed by atoms with Crippen molar-refractivity contribution in [3.8, 4) is 0 Å². The molecule has 1 aromatic rings. The summed E-state index contributed by atoms with van der Waals surface area (Å²) in [6.45, 7) is 4.38. The van der Waals surface area contributed by atoms with Gasteiger partial charge in [0.2, 0.25) is 0 Å². The van der Waals surface area contributed by atoms with Gasteiger partial charge in [-0.05, 0) is 43.9 Å². The first kappa shape index (κ1) is 11.9. The molecule has 16 heavy (non-hydrogen) atoms. The van der Waals surface area contributed by atoms with Crippen molar-refractivity contribution in [3.63, 3.8) is 0 Å². The number of hydrogen-bond acceptors (Lipinski definition) is 2. The van der Waals surface area contributed by atoms with Gasteiger partial charge in [0.15, 0.2) is 0 Å². The standard InChI is InChI=1S/C13H19BrN2/c1-10(15)12-6-5-11(9-13(12)14)16-7-3-2-4-8-16/h5-6,9-10H,2-4,7-8,15H2,1H3. The average molecular weight is 283 g/mol. The fourth-order valence-electron chi connectivity index (χ4n) is 2.23. The van der Waals surface area contributed by atoms with Gasteiger partial charge in [0.1, 0.15) is 0 Å². The van der Waals surface area contributed by atoms with Crippen LogP contribution in [0.4, 0.5) is 5.69 Å². The van der Waals surface area contributed by atoms with Crippen LogP contribution >= 0.6 is 15.9 Å². The summed E-state index contributed by atoms with van der Waals surface area (Å²) in [6, 6.07) is 6.61. The highest BCUT2D eigenvalue weighted by Crippen LogP contribution is 2.28. The number of nitrogens with two attached hydrogens (primary N) is 1. The van der Waals surface area contributed by atoms with E-state index in [0.717, 1.165) is 4.47 Å². The first-order chi connectivity index (χ1) is 7.68. The molecule has 1 atom stereocenters. The zero-order valence-electron chi connectivity index (χ0n) is 9.75. The summed E-state index contributed by atoms with van der Waals surface area (Å²) in [7, 11) is 0. The molecule has 0 bridgehead atoms. The van der Waals surface area contributed by atoms with Gasteiger partial charge in [-0.25, -0.2) is 0 Å². The minimum absolute atomic E-state index is 0.0878. The molecule has 1 heterocycles. The Morgan fingerprint density at radius 1 is 1.25 bits per heavy atom. The molecule has 2 nitrogen and oxygen atoms in total. The lowest BCUT2D eigenvalue weighted by molar-refractivity contribution is 0.577. The predicted octanol–water partition coefficient (Wildman–Crippen LogP) is 3.46. The number of benzene rings is 1. The SMILES string of the molecule is CC(N)c1ccc(N2CCCCC2)cc1Br. The topological polar surface area (TPSA) is 29.3 Å². The smallest absolute Gasteiger partial charge is 0.0377 e. The summed E-state index contributed by atoms with van der Waals surface area (Å²) >= 11 is 3.61. The Bertz CT molecular complexity index is 357. The maximum atomic E-state index is 5.90. The Hall–Kier alpha value is -0.540. The molecule has 2 N–H and O–H groups in total.